The van der Waals surface area contributed by atoms with Gasteiger partial charge in [-0.15, -0.1) is 11.3 Å². The normalized spacial score (nSPS) is 19.9. The first-order chi connectivity index (χ1) is 18.0. The Labute approximate surface area is 225 Å². The summed E-state index contributed by atoms with van der Waals surface area (Å²) in [5.74, 6) is 1.70. The van der Waals surface area contributed by atoms with Gasteiger partial charge in [0, 0.05) is 54.5 Å². The summed E-state index contributed by atoms with van der Waals surface area (Å²) < 4.78 is 11.3. The molecule has 9 heteroatoms. The van der Waals surface area contributed by atoms with Gasteiger partial charge in [0.1, 0.15) is 13.2 Å². The van der Waals surface area contributed by atoms with Gasteiger partial charge in [-0.05, 0) is 42.7 Å². The number of carbonyl (C=O) groups is 2. The molecule has 37 heavy (non-hydrogen) atoms. The molecule has 0 spiro atoms. The molecule has 2 saturated heterocycles. The molecular formula is C28H28ClN3O4S. The van der Waals surface area contributed by atoms with Crippen LogP contribution in [0.4, 0.5) is 0 Å². The van der Waals surface area contributed by atoms with Crippen molar-refractivity contribution in [2.24, 2.45) is 5.92 Å². The summed E-state index contributed by atoms with van der Waals surface area (Å²) in [6.07, 6.45) is 2.03. The summed E-state index contributed by atoms with van der Waals surface area (Å²) in [5, 5.41) is 3.85. The number of thiazole rings is 1. The van der Waals surface area contributed by atoms with E-state index >= 15 is 0 Å². The van der Waals surface area contributed by atoms with Gasteiger partial charge < -0.3 is 19.3 Å². The third kappa shape index (κ3) is 5.05. The van der Waals surface area contributed by atoms with Crippen molar-refractivity contribution < 1.29 is 19.1 Å². The maximum absolute atomic E-state index is 13.2. The molecule has 0 N–H and O–H groups in total. The third-order valence-electron chi connectivity index (χ3n) is 7.40. The highest BCUT2D eigenvalue weighted by atomic mass is 35.5. The van der Waals surface area contributed by atoms with Crippen LogP contribution in [0.3, 0.4) is 0 Å². The lowest BCUT2D eigenvalue weighted by atomic mass is 9.96. The minimum Gasteiger partial charge on any atom is -0.486 e. The van der Waals surface area contributed by atoms with Gasteiger partial charge >= 0.3 is 0 Å². The molecule has 192 valence electrons. The van der Waals surface area contributed by atoms with Gasteiger partial charge in [-0.3, -0.25) is 9.59 Å². The molecule has 6 rings (SSSR count). The number of benzene rings is 2. The Balaban J connectivity index is 1.05. The summed E-state index contributed by atoms with van der Waals surface area (Å²) in [6, 6.07) is 13.5. The molecule has 2 aromatic carbocycles. The number of carbonyl (C=O) groups excluding carboxylic acids is 2. The van der Waals surface area contributed by atoms with Crippen molar-refractivity contribution in [3.05, 3.63) is 63.4 Å². The molecule has 0 radical (unpaired) electrons. The van der Waals surface area contributed by atoms with E-state index in [1.165, 1.54) is 0 Å². The van der Waals surface area contributed by atoms with E-state index in [4.69, 9.17) is 26.1 Å². The zero-order valence-corrected chi connectivity index (χ0v) is 22.0. The predicted octanol–water partition coefficient (Wildman–Crippen LogP) is 4.99. The number of hydrogen-bond donors (Lipinski definition) is 0. The van der Waals surface area contributed by atoms with Crippen molar-refractivity contribution in [1.29, 1.82) is 0 Å². The second-order valence-electron chi connectivity index (χ2n) is 9.80. The summed E-state index contributed by atoms with van der Waals surface area (Å²) >= 11 is 7.95. The predicted molar refractivity (Wildman–Crippen MR) is 142 cm³/mol. The first-order valence-corrected chi connectivity index (χ1v) is 14.0. The highest BCUT2D eigenvalue weighted by molar-refractivity contribution is 7.10. The molecule has 3 aliphatic heterocycles. The second-order valence-corrected chi connectivity index (χ2v) is 11.1. The number of ether oxygens (including phenoxy) is 2. The number of rotatable bonds is 5. The summed E-state index contributed by atoms with van der Waals surface area (Å²) in [6.45, 7) is 3.42. The molecule has 4 heterocycles. The van der Waals surface area contributed by atoms with Gasteiger partial charge in [0.05, 0.1) is 16.6 Å². The molecule has 2 amide bonds. The number of amides is 2. The fourth-order valence-electron chi connectivity index (χ4n) is 5.34. The van der Waals surface area contributed by atoms with E-state index in [9.17, 15) is 9.59 Å². The molecule has 1 aromatic heterocycles. The standard InChI is InChI=1S/C28H28ClN3O4S/c29-22-4-2-1-3-20(22)15-32-16-21(14-26(32)33)28(34)31-9-7-18(8-10-31)27-30-23(17-37-27)19-5-6-24-25(13-19)36-12-11-35-24/h1-6,13,17-18,21H,7-12,14-16H2. The SMILES string of the molecule is O=C1CC(C(=O)N2CCC(c3nc(-c4ccc5c(c4)OCCO5)cs3)CC2)CN1Cc1ccccc1Cl. The lowest BCUT2D eigenvalue weighted by molar-refractivity contribution is -0.136. The Morgan fingerprint density at radius 3 is 2.68 bits per heavy atom. The first-order valence-electron chi connectivity index (χ1n) is 12.7. The average molecular weight is 538 g/mol. The van der Waals surface area contributed by atoms with Crippen LogP contribution in [0, 0.1) is 5.92 Å². The lowest BCUT2D eigenvalue weighted by Crippen LogP contribution is -2.42. The topological polar surface area (TPSA) is 72.0 Å². The fraction of sp³-hybridized carbons (Fsp3) is 0.393. The lowest BCUT2D eigenvalue weighted by Gasteiger charge is -2.32. The number of likely N-dealkylation sites (tertiary alicyclic amines) is 2. The Morgan fingerprint density at radius 2 is 1.86 bits per heavy atom. The fourth-order valence-corrected chi connectivity index (χ4v) is 6.53. The van der Waals surface area contributed by atoms with Gasteiger partial charge in [0.15, 0.2) is 11.5 Å². The van der Waals surface area contributed by atoms with E-state index in [-0.39, 0.29) is 24.2 Å². The van der Waals surface area contributed by atoms with Crippen LogP contribution in [0.1, 0.15) is 35.8 Å². The molecular weight excluding hydrogens is 510 g/mol. The Kier molecular flexibility index (Phi) is 6.78. The van der Waals surface area contributed by atoms with Crippen molar-refractivity contribution >= 4 is 34.8 Å². The van der Waals surface area contributed by atoms with Crippen LogP contribution in [0.25, 0.3) is 11.3 Å². The molecule has 0 bridgehead atoms. The molecule has 0 saturated carbocycles. The van der Waals surface area contributed by atoms with Crippen molar-refractivity contribution in [3.63, 3.8) is 0 Å². The van der Waals surface area contributed by atoms with Crippen molar-refractivity contribution in [3.8, 4) is 22.8 Å². The molecule has 3 aliphatic rings. The van der Waals surface area contributed by atoms with Crippen LogP contribution in [-0.2, 0) is 16.1 Å². The maximum Gasteiger partial charge on any atom is 0.227 e. The monoisotopic (exact) mass is 537 g/mol. The minimum absolute atomic E-state index is 0.0163. The van der Waals surface area contributed by atoms with Crippen molar-refractivity contribution in [2.75, 3.05) is 32.8 Å². The van der Waals surface area contributed by atoms with Gasteiger partial charge in [-0.2, -0.15) is 0 Å². The number of halogens is 1. The summed E-state index contributed by atoms with van der Waals surface area (Å²) in [7, 11) is 0. The molecule has 7 nitrogen and oxygen atoms in total. The summed E-state index contributed by atoms with van der Waals surface area (Å²) in [4.78, 5) is 34.5. The molecule has 1 unspecified atom stereocenters. The van der Waals surface area contributed by atoms with Crippen LogP contribution < -0.4 is 9.47 Å². The average Bonchev–Trinajstić information content (AvgIpc) is 3.57. The van der Waals surface area contributed by atoms with E-state index in [1.54, 1.807) is 16.2 Å². The van der Waals surface area contributed by atoms with Crippen LogP contribution in [0.15, 0.2) is 47.8 Å². The number of fused-ring (bicyclic) bond motifs is 1. The van der Waals surface area contributed by atoms with Gasteiger partial charge in [0.2, 0.25) is 11.8 Å². The van der Waals surface area contributed by atoms with E-state index < -0.39 is 0 Å². The van der Waals surface area contributed by atoms with E-state index in [1.807, 2.05) is 47.4 Å². The molecule has 3 aromatic rings. The number of aromatic nitrogens is 1. The zero-order valence-electron chi connectivity index (χ0n) is 20.4. The number of hydrogen-bond acceptors (Lipinski definition) is 6. The number of piperidine rings is 1. The Bertz CT molecular complexity index is 1320. The first kappa shape index (κ1) is 24.2. The van der Waals surface area contributed by atoms with Crippen LogP contribution in [0.2, 0.25) is 5.02 Å². The Hall–Kier alpha value is -3.10. The largest absolute Gasteiger partial charge is 0.486 e. The van der Waals surface area contributed by atoms with E-state index in [0.29, 0.717) is 50.3 Å². The highest BCUT2D eigenvalue weighted by Gasteiger charge is 2.38. The molecule has 2 fully saturated rings. The minimum atomic E-state index is -0.284. The van der Waals surface area contributed by atoms with E-state index in [0.717, 1.165) is 46.2 Å². The quantitative estimate of drug-likeness (QED) is 0.458. The van der Waals surface area contributed by atoms with E-state index in [2.05, 4.69) is 5.38 Å². The Morgan fingerprint density at radius 1 is 1.08 bits per heavy atom. The third-order valence-corrected chi connectivity index (χ3v) is 8.77. The van der Waals surface area contributed by atoms with Crippen molar-refractivity contribution in [1.82, 2.24) is 14.8 Å². The summed E-state index contributed by atoms with van der Waals surface area (Å²) in [5.41, 5.74) is 2.87. The second kappa shape index (κ2) is 10.3. The van der Waals surface area contributed by atoms with Crippen LogP contribution in [0.5, 0.6) is 11.5 Å². The molecule has 0 aliphatic carbocycles. The highest BCUT2D eigenvalue weighted by Crippen LogP contribution is 2.37. The molecule has 1 atom stereocenters. The van der Waals surface area contributed by atoms with Crippen LogP contribution >= 0.6 is 22.9 Å². The van der Waals surface area contributed by atoms with Gasteiger partial charge in [-0.25, -0.2) is 4.98 Å². The maximum atomic E-state index is 13.2. The van der Waals surface area contributed by atoms with Crippen molar-refractivity contribution in [2.45, 2.75) is 31.7 Å². The zero-order chi connectivity index (χ0) is 25.4. The smallest absolute Gasteiger partial charge is 0.227 e. The van der Waals surface area contributed by atoms with Gasteiger partial charge in [0.25, 0.3) is 0 Å². The van der Waals surface area contributed by atoms with Crippen LogP contribution in [-0.4, -0.2) is 59.4 Å². The van der Waals surface area contributed by atoms with Gasteiger partial charge in [-0.1, -0.05) is 29.8 Å². The number of nitrogens with zero attached hydrogens (tertiary/aromatic N) is 3.